The van der Waals surface area contributed by atoms with E-state index in [1.165, 1.54) is 0 Å². The van der Waals surface area contributed by atoms with Crippen LogP contribution in [0.4, 0.5) is 0 Å². The fourth-order valence-corrected chi connectivity index (χ4v) is 4.16. The molecule has 4 rings (SSSR count). The van der Waals surface area contributed by atoms with Crippen LogP contribution in [0.25, 0.3) is 0 Å². The van der Waals surface area contributed by atoms with Gasteiger partial charge < -0.3 is 14.4 Å². The van der Waals surface area contributed by atoms with Gasteiger partial charge >= 0.3 is 0 Å². The van der Waals surface area contributed by atoms with Crippen molar-refractivity contribution < 1.29 is 9.47 Å². The number of likely N-dealkylation sites (N-methyl/N-ethyl adjacent to an activating group) is 1. The van der Waals surface area contributed by atoms with Gasteiger partial charge in [-0.05, 0) is 40.2 Å². The maximum absolute atomic E-state index is 5.58. The van der Waals surface area contributed by atoms with Crippen molar-refractivity contribution in [3.8, 4) is 11.5 Å². The van der Waals surface area contributed by atoms with Crippen LogP contribution in [0.5, 0.6) is 11.5 Å². The Kier molecular flexibility index (Phi) is 6.79. The largest absolute Gasteiger partial charge is 0.493 e. The van der Waals surface area contributed by atoms with Gasteiger partial charge in [0.05, 0.1) is 26.8 Å². The van der Waals surface area contributed by atoms with Gasteiger partial charge in [-0.2, -0.15) is 0 Å². The lowest BCUT2D eigenvalue weighted by molar-refractivity contribution is 0.108. The Balaban J connectivity index is 1.71. The molecule has 164 valence electrons. The fraction of sp³-hybridized carbons (Fsp3) is 0.435. The molecule has 8 heteroatoms. The third-order valence-corrected chi connectivity index (χ3v) is 5.92. The summed E-state index contributed by atoms with van der Waals surface area (Å²) in [6, 6.07) is 16.3. The zero-order valence-corrected chi connectivity index (χ0v) is 18.4. The molecule has 1 fully saturated rings. The lowest BCUT2D eigenvalue weighted by atomic mass is 10.0. The third kappa shape index (κ3) is 4.70. The molecule has 31 heavy (non-hydrogen) atoms. The quantitative estimate of drug-likeness (QED) is 0.552. The minimum atomic E-state index is -0.0717. The first kappa shape index (κ1) is 21.3. The molecule has 0 unspecified atom stereocenters. The monoisotopic (exact) mass is 422 g/mol. The number of benzene rings is 2. The van der Waals surface area contributed by atoms with Gasteiger partial charge in [-0.25, -0.2) is 4.68 Å². The van der Waals surface area contributed by atoms with Crippen LogP contribution in [0, 0.1) is 0 Å². The van der Waals surface area contributed by atoms with Crippen LogP contribution in [0.1, 0.15) is 29.9 Å². The second-order valence-electron chi connectivity index (χ2n) is 7.67. The number of hydrogen-bond donors (Lipinski definition) is 0. The normalized spacial score (nSPS) is 16.2. The molecule has 0 aliphatic carbocycles. The molecule has 2 aromatic carbocycles. The number of nitrogens with zero attached hydrogens (tertiary/aromatic N) is 6. The van der Waals surface area contributed by atoms with Gasteiger partial charge in [-0.1, -0.05) is 43.3 Å². The highest BCUT2D eigenvalue weighted by Gasteiger charge is 2.31. The molecule has 1 saturated heterocycles. The minimum Gasteiger partial charge on any atom is -0.493 e. The van der Waals surface area contributed by atoms with Crippen molar-refractivity contribution in [2.24, 2.45) is 0 Å². The van der Waals surface area contributed by atoms with Crippen molar-refractivity contribution in [2.45, 2.75) is 19.5 Å². The number of hydrogen-bond acceptors (Lipinski definition) is 7. The molecule has 0 saturated carbocycles. The Hall–Kier alpha value is -2.97. The second kappa shape index (κ2) is 9.89. The van der Waals surface area contributed by atoms with Crippen LogP contribution in [0.3, 0.4) is 0 Å². The zero-order chi connectivity index (χ0) is 21.6. The van der Waals surface area contributed by atoms with Crippen LogP contribution >= 0.6 is 0 Å². The molecule has 1 aliphatic heterocycles. The Bertz CT molecular complexity index is 969. The molecular formula is C23H30N6O2. The van der Waals surface area contributed by atoms with E-state index in [1.807, 2.05) is 35.0 Å². The van der Waals surface area contributed by atoms with Crippen LogP contribution in [0.15, 0.2) is 48.5 Å². The van der Waals surface area contributed by atoms with Crippen molar-refractivity contribution >= 4 is 0 Å². The summed E-state index contributed by atoms with van der Waals surface area (Å²) in [6.45, 7) is 7.86. The summed E-state index contributed by atoms with van der Waals surface area (Å²) in [6.07, 6.45) is 0. The van der Waals surface area contributed by atoms with Crippen molar-refractivity contribution in [2.75, 3.05) is 46.9 Å². The van der Waals surface area contributed by atoms with Gasteiger partial charge in [-0.15, -0.1) is 5.10 Å². The maximum atomic E-state index is 5.58. The molecule has 8 nitrogen and oxygen atoms in total. The fourth-order valence-electron chi connectivity index (χ4n) is 4.16. The van der Waals surface area contributed by atoms with Crippen LogP contribution in [-0.4, -0.2) is 77.0 Å². The summed E-state index contributed by atoms with van der Waals surface area (Å²) >= 11 is 0. The van der Waals surface area contributed by atoms with Crippen molar-refractivity contribution in [1.82, 2.24) is 30.0 Å². The highest BCUT2D eigenvalue weighted by atomic mass is 16.5. The highest BCUT2D eigenvalue weighted by Crippen LogP contribution is 2.35. The van der Waals surface area contributed by atoms with Gasteiger partial charge in [0, 0.05) is 26.2 Å². The minimum absolute atomic E-state index is 0.0717. The predicted octanol–water partition coefficient (Wildman–Crippen LogP) is 2.47. The van der Waals surface area contributed by atoms with E-state index in [2.05, 4.69) is 50.4 Å². The summed E-state index contributed by atoms with van der Waals surface area (Å²) in [5.74, 6) is 2.25. The van der Waals surface area contributed by atoms with Crippen molar-refractivity contribution in [3.05, 3.63) is 65.5 Å². The first-order valence-corrected chi connectivity index (χ1v) is 10.7. The predicted molar refractivity (Wildman–Crippen MR) is 118 cm³/mol. The van der Waals surface area contributed by atoms with E-state index < -0.39 is 0 Å². The Morgan fingerprint density at radius 3 is 2.35 bits per heavy atom. The van der Waals surface area contributed by atoms with E-state index in [9.17, 15) is 0 Å². The molecule has 0 bridgehead atoms. The summed E-state index contributed by atoms with van der Waals surface area (Å²) in [5, 5.41) is 12.8. The summed E-state index contributed by atoms with van der Waals surface area (Å²) in [7, 11) is 3.31. The smallest absolute Gasteiger partial charge is 0.173 e. The third-order valence-electron chi connectivity index (χ3n) is 5.92. The molecule has 1 atom stereocenters. The molecule has 0 spiro atoms. The summed E-state index contributed by atoms with van der Waals surface area (Å²) in [4.78, 5) is 4.93. The molecule has 1 aliphatic rings. The summed E-state index contributed by atoms with van der Waals surface area (Å²) < 4.78 is 12.9. The van der Waals surface area contributed by atoms with E-state index in [0.717, 1.165) is 49.7 Å². The number of methoxy groups -OCH3 is 2. The molecule has 0 radical (unpaired) electrons. The molecule has 2 heterocycles. The molecule has 1 aromatic heterocycles. The molecular weight excluding hydrogens is 392 g/mol. The number of tetrazole rings is 1. The van der Waals surface area contributed by atoms with Gasteiger partial charge in [0.2, 0.25) is 0 Å². The maximum Gasteiger partial charge on any atom is 0.173 e. The summed E-state index contributed by atoms with van der Waals surface area (Å²) in [5.41, 5.74) is 2.25. The number of piperazine rings is 1. The van der Waals surface area contributed by atoms with Crippen LogP contribution in [0.2, 0.25) is 0 Å². The highest BCUT2D eigenvalue weighted by molar-refractivity contribution is 5.45. The molecule has 3 aromatic rings. The van der Waals surface area contributed by atoms with E-state index in [0.29, 0.717) is 18.0 Å². The number of aromatic nitrogens is 4. The standard InChI is InChI=1S/C23H30N6O2/c1-4-27-12-14-28(15-13-27)22(19-10-11-20(30-2)21(16-19)31-3)23-24-25-26-29(23)17-18-8-6-5-7-9-18/h5-11,16,22H,4,12-15,17H2,1-3H3/t22-/m1/s1. The van der Waals surface area contributed by atoms with Gasteiger partial charge in [0.25, 0.3) is 0 Å². The lowest BCUT2D eigenvalue weighted by Gasteiger charge is -2.38. The van der Waals surface area contributed by atoms with Gasteiger partial charge in [0.15, 0.2) is 17.3 Å². The first-order chi connectivity index (χ1) is 15.2. The number of ether oxygens (including phenoxy) is 2. The number of rotatable bonds is 8. The first-order valence-electron chi connectivity index (χ1n) is 10.7. The van der Waals surface area contributed by atoms with Gasteiger partial charge in [0.1, 0.15) is 0 Å². The molecule has 0 amide bonds. The van der Waals surface area contributed by atoms with Gasteiger partial charge in [-0.3, -0.25) is 4.90 Å². The zero-order valence-electron chi connectivity index (χ0n) is 18.4. The molecule has 0 N–H and O–H groups in total. The Morgan fingerprint density at radius 1 is 0.935 bits per heavy atom. The topological polar surface area (TPSA) is 68.5 Å². The average molecular weight is 423 g/mol. The van der Waals surface area contributed by atoms with Crippen LogP contribution < -0.4 is 9.47 Å². The van der Waals surface area contributed by atoms with E-state index in [4.69, 9.17) is 9.47 Å². The van der Waals surface area contributed by atoms with E-state index >= 15 is 0 Å². The Morgan fingerprint density at radius 2 is 1.68 bits per heavy atom. The van der Waals surface area contributed by atoms with Crippen LogP contribution in [-0.2, 0) is 6.54 Å². The van der Waals surface area contributed by atoms with E-state index in [1.54, 1.807) is 14.2 Å². The SMILES string of the molecule is CCN1CCN([C@H](c2ccc(OC)c(OC)c2)c2nnnn2Cc2ccccc2)CC1. The second-order valence-corrected chi connectivity index (χ2v) is 7.67. The van der Waals surface area contributed by atoms with Crippen molar-refractivity contribution in [3.63, 3.8) is 0 Å². The van der Waals surface area contributed by atoms with Crippen molar-refractivity contribution in [1.29, 1.82) is 0 Å². The Labute approximate surface area is 183 Å². The lowest BCUT2D eigenvalue weighted by Crippen LogP contribution is -2.48. The average Bonchev–Trinajstić information content (AvgIpc) is 3.27. The van der Waals surface area contributed by atoms with E-state index in [-0.39, 0.29) is 6.04 Å².